The number of benzene rings is 2. The molecule has 6 heteroatoms. The van der Waals surface area contributed by atoms with Crippen molar-refractivity contribution in [2.75, 3.05) is 26.3 Å². The molecule has 36 heavy (non-hydrogen) atoms. The van der Waals surface area contributed by atoms with Crippen LogP contribution in [0.1, 0.15) is 72.9 Å². The number of aryl methyl sites for hydroxylation is 1. The summed E-state index contributed by atoms with van der Waals surface area (Å²) >= 11 is 0. The van der Waals surface area contributed by atoms with Crippen LogP contribution < -0.4 is 14.8 Å². The zero-order chi connectivity index (χ0) is 24.4. The van der Waals surface area contributed by atoms with E-state index < -0.39 is 0 Å². The molecule has 4 aliphatic rings. The Kier molecular flexibility index (Phi) is 6.89. The Balaban J connectivity index is 1.03. The molecule has 1 aliphatic carbocycles. The van der Waals surface area contributed by atoms with Crippen LogP contribution in [0.2, 0.25) is 0 Å². The number of hydrogen-bond acceptors (Lipinski definition) is 5. The summed E-state index contributed by atoms with van der Waals surface area (Å²) in [7, 11) is 0. The van der Waals surface area contributed by atoms with Crippen LogP contribution in [-0.4, -0.2) is 54.8 Å². The van der Waals surface area contributed by atoms with Gasteiger partial charge in [-0.25, -0.2) is 0 Å². The number of fused-ring (bicyclic) bond motifs is 1. The summed E-state index contributed by atoms with van der Waals surface area (Å²) in [6.07, 6.45) is 10.3. The van der Waals surface area contributed by atoms with Crippen LogP contribution in [0.15, 0.2) is 42.5 Å². The molecular weight excluding hydrogens is 452 g/mol. The largest absolute Gasteiger partial charge is 0.489 e. The summed E-state index contributed by atoms with van der Waals surface area (Å²) in [5.74, 6) is 1.85. The van der Waals surface area contributed by atoms with E-state index in [-0.39, 0.29) is 17.6 Å². The molecule has 0 aromatic heterocycles. The quantitative estimate of drug-likeness (QED) is 0.625. The van der Waals surface area contributed by atoms with Gasteiger partial charge in [0.1, 0.15) is 23.7 Å². The minimum Gasteiger partial charge on any atom is -0.489 e. The smallest absolute Gasteiger partial charge is 0.251 e. The van der Waals surface area contributed by atoms with Crippen molar-refractivity contribution < 1.29 is 19.0 Å². The molecule has 6 rings (SSSR count). The predicted molar refractivity (Wildman–Crippen MR) is 139 cm³/mol. The van der Waals surface area contributed by atoms with Crippen LogP contribution in [0.25, 0.3) is 0 Å². The Labute approximate surface area is 214 Å². The number of carbonyl (C=O) groups excluding carboxylic acids is 1. The van der Waals surface area contributed by atoms with Crippen LogP contribution in [0, 0.1) is 0 Å². The average Bonchev–Trinajstić information content (AvgIpc) is 2.89. The first-order valence-electron chi connectivity index (χ1n) is 13.8. The summed E-state index contributed by atoms with van der Waals surface area (Å²) in [6.45, 7) is 4.20. The molecule has 3 fully saturated rings. The molecule has 2 saturated heterocycles. The number of amides is 1. The Morgan fingerprint density at radius 2 is 1.86 bits per heavy atom. The second-order valence-electron chi connectivity index (χ2n) is 11.0. The molecule has 6 nitrogen and oxygen atoms in total. The molecule has 3 aliphatic heterocycles. The molecule has 1 amide bonds. The Hall–Kier alpha value is -2.57. The number of likely N-dealkylation sites (tertiary alicyclic amines) is 1. The second kappa shape index (κ2) is 10.4. The fourth-order valence-corrected chi connectivity index (χ4v) is 6.07. The van der Waals surface area contributed by atoms with Gasteiger partial charge in [-0.3, -0.25) is 4.79 Å². The van der Waals surface area contributed by atoms with Crippen molar-refractivity contribution in [3.05, 3.63) is 59.2 Å². The highest BCUT2D eigenvalue weighted by Gasteiger charge is 2.41. The summed E-state index contributed by atoms with van der Waals surface area (Å²) in [5.41, 5.74) is 2.92. The van der Waals surface area contributed by atoms with E-state index in [4.69, 9.17) is 14.2 Å². The van der Waals surface area contributed by atoms with E-state index in [1.807, 2.05) is 30.3 Å². The monoisotopic (exact) mass is 490 g/mol. The topological polar surface area (TPSA) is 60.0 Å². The van der Waals surface area contributed by atoms with Crippen molar-refractivity contribution in [2.45, 2.75) is 82.1 Å². The van der Waals surface area contributed by atoms with Gasteiger partial charge in [-0.05, 0) is 92.8 Å². The van der Waals surface area contributed by atoms with Gasteiger partial charge < -0.3 is 24.4 Å². The third-order valence-electron chi connectivity index (χ3n) is 8.66. The molecule has 0 atom stereocenters. The molecule has 1 spiro atoms. The molecule has 0 radical (unpaired) electrons. The second-order valence-corrected chi connectivity index (χ2v) is 11.0. The first kappa shape index (κ1) is 23.8. The standard InChI is InChI=1S/C30H38N2O4/c33-29(31-25-10-17-34-18-11-25)24-4-1-3-22(19-24)21-35-27-7-8-28-23(20-27)9-12-30(36-28)13-15-32(16-14-30)26-5-2-6-26/h1,3-4,7-8,19-20,25-26H,2,5-6,9-18,21H2,(H,31,33). The fourth-order valence-electron chi connectivity index (χ4n) is 6.07. The lowest BCUT2D eigenvalue weighted by atomic mass is 9.81. The number of nitrogens with zero attached hydrogens (tertiary/aromatic N) is 1. The zero-order valence-electron chi connectivity index (χ0n) is 21.2. The van der Waals surface area contributed by atoms with E-state index in [2.05, 4.69) is 22.3 Å². The average molecular weight is 491 g/mol. The van der Waals surface area contributed by atoms with Crippen LogP contribution >= 0.6 is 0 Å². The SMILES string of the molecule is O=C(NC1CCOCC1)c1cccc(COc2ccc3c(c2)CCC2(CCN(C4CCC4)CC2)O3)c1. The Morgan fingerprint density at radius 3 is 2.64 bits per heavy atom. The van der Waals surface area contributed by atoms with Crippen molar-refractivity contribution in [2.24, 2.45) is 0 Å². The van der Waals surface area contributed by atoms with Crippen molar-refractivity contribution in [3.63, 3.8) is 0 Å². The zero-order valence-corrected chi connectivity index (χ0v) is 21.2. The molecule has 1 N–H and O–H groups in total. The molecule has 2 aromatic carbocycles. The minimum atomic E-state index is -0.0258. The maximum absolute atomic E-state index is 12.7. The van der Waals surface area contributed by atoms with E-state index in [0.717, 1.165) is 61.6 Å². The van der Waals surface area contributed by atoms with Crippen LogP contribution in [0.5, 0.6) is 11.5 Å². The molecule has 1 saturated carbocycles. The number of piperidine rings is 1. The highest BCUT2D eigenvalue weighted by atomic mass is 16.5. The first-order valence-corrected chi connectivity index (χ1v) is 13.8. The van der Waals surface area contributed by atoms with E-state index in [1.54, 1.807) is 0 Å². The van der Waals surface area contributed by atoms with E-state index >= 15 is 0 Å². The maximum Gasteiger partial charge on any atom is 0.251 e. The summed E-state index contributed by atoms with van der Waals surface area (Å²) in [6, 6.07) is 15.0. The van der Waals surface area contributed by atoms with E-state index in [9.17, 15) is 4.79 Å². The Bertz CT molecular complexity index is 1070. The highest BCUT2D eigenvalue weighted by molar-refractivity contribution is 5.94. The minimum absolute atomic E-state index is 0.0152. The van der Waals surface area contributed by atoms with Crippen molar-refractivity contribution >= 4 is 5.91 Å². The van der Waals surface area contributed by atoms with E-state index in [0.29, 0.717) is 25.4 Å². The lowest BCUT2D eigenvalue weighted by molar-refractivity contribution is -0.0337. The van der Waals surface area contributed by atoms with Gasteiger partial charge in [0.2, 0.25) is 0 Å². The predicted octanol–water partition coefficient (Wildman–Crippen LogP) is 4.89. The lowest BCUT2D eigenvalue weighted by Gasteiger charge is -2.48. The van der Waals surface area contributed by atoms with Crippen LogP contribution in [-0.2, 0) is 17.8 Å². The molecule has 3 heterocycles. The van der Waals surface area contributed by atoms with Gasteiger partial charge in [-0.2, -0.15) is 0 Å². The molecule has 2 aromatic rings. The number of rotatable bonds is 6. The normalized spacial score (nSPS) is 22.3. The third-order valence-corrected chi connectivity index (χ3v) is 8.66. The summed E-state index contributed by atoms with van der Waals surface area (Å²) in [4.78, 5) is 15.4. The lowest BCUT2D eigenvalue weighted by Crippen LogP contribution is -2.53. The first-order chi connectivity index (χ1) is 17.7. The van der Waals surface area contributed by atoms with Gasteiger partial charge >= 0.3 is 0 Å². The van der Waals surface area contributed by atoms with Crippen LogP contribution in [0.3, 0.4) is 0 Å². The maximum atomic E-state index is 12.7. The third kappa shape index (κ3) is 5.25. The van der Waals surface area contributed by atoms with Gasteiger partial charge in [0.15, 0.2) is 0 Å². The van der Waals surface area contributed by atoms with Crippen molar-refractivity contribution in [1.82, 2.24) is 10.2 Å². The van der Waals surface area contributed by atoms with Gasteiger partial charge in [0, 0.05) is 44.0 Å². The van der Waals surface area contributed by atoms with Gasteiger partial charge in [-0.1, -0.05) is 18.6 Å². The molecule has 192 valence electrons. The van der Waals surface area contributed by atoms with Crippen molar-refractivity contribution in [3.8, 4) is 11.5 Å². The van der Waals surface area contributed by atoms with Gasteiger partial charge in [0.25, 0.3) is 5.91 Å². The highest BCUT2D eigenvalue weighted by Crippen LogP contribution is 2.42. The molecular formula is C30H38N2O4. The number of carbonyl (C=O) groups is 1. The number of ether oxygens (including phenoxy) is 3. The van der Waals surface area contributed by atoms with Gasteiger partial charge in [0.05, 0.1) is 0 Å². The fraction of sp³-hybridized carbons (Fsp3) is 0.567. The summed E-state index contributed by atoms with van der Waals surface area (Å²) < 4.78 is 18.1. The molecule has 0 unspecified atom stereocenters. The summed E-state index contributed by atoms with van der Waals surface area (Å²) in [5, 5.41) is 3.13. The Morgan fingerprint density at radius 1 is 1.03 bits per heavy atom. The van der Waals surface area contributed by atoms with E-state index in [1.165, 1.54) is 37.9 Å². The number of nitrogens with one attached hydrogen (secondary N) is 1. The van der Waals surface area contributed by atoms with Gasteiger partial charge in [-0.15, -0.1) is 0 Å². The van der Waals surface area contributed by atoms with Crippen LogP contribution in [0.4, 0.5) is 0 Å². The van der Waals surface area contributed by atoms with Crippen molar-refractivity contribution in [1.29, 1.82) is 0 Å². The number of hydrogen-bond donors (Lipinski definition) is 1. The molecule has 0 bridgehead atoms.